The van der Waals surface area contributed by atoms with E-state index in [2.05, 4.69) is 20.5 Å². The van der Waals surface area contributed by atoms with Crippen LogP contribution in [0.5, 0.6) is 0 Å². The van der Waals surface area contributed by atoms with E-state index in [0.29, 0.717) is 12.6 Å². The van der Waals surface area contributed by atoms with Crippen molar-refractivity contribution in [3.8, 4) is 0 Å². The summed E-state index contributed by atoms with van der Waals surface area (Å²) in [6.07, 6.45) is 7.63. The molecule has 1 saturated carbocycles. The highest BCUT2D eigenvalue weighted by Gasteiger charge is 2.33. The van der Waals surface area contributed by atoms with Gasteiger partial charge >= 0.3 is 0 Å². The third kappa shape index (κ3) is 5.37. The van der Waals surface area contributed by atoms with Crippen LogP contribution in [0.3, 0.4) is 0 Å². The van der Waals surface area contributed by atoms with Gasteiger partial charge in [-0.25, -0.2) is 0 Å². The number of nitrogens with zero attached hydrogens (tertiary/aromatic N) is 2. The van der Waals surface area contributed by atoms with Gasteiger partial charge in [-0.15, -0.1) is 24.0 Å². The number of aliphatic hydroxyl groups is 1. The fourth-order valence-electron chi connectivity index (χ4n) is 3.88. The smallest absolute Gasteiger partial charge is 0.191 e. The molecular formula is C16H31IN4OS. The van der Waals surface area contributed by atoms with Gasteiger partial charge in [0, 0.05) is 44.5 Å². The number of halogens is 1. The van der Waals surface area contributed by atoms with E-state index in [1.54, 1.807) is 0 Å². The van der Waals surface area contributed by atoms with Gasteiger partial charge in [-0.05, 0) is 31.4 Å². The molecule has 2 atom stereocenters. The van der Waals surface area contributed by atoms with Crippen molar-refractivity contribution in [3.63, 3.8) is 0 Å². The third-order valence-corrected chi connectivity index (χ3v) is 6.53. The minimum absolute atomic E-state index is 0. The number of hydrogen-bond acceptors (Lipinski definition) is 4. The van der Waals surface area contributed by atoms with Gasteiger partial charge < -0.3 is 15.7 Å². The summed E-state index contributed by atoms with van der Waals surface area (Å²) in [5.74, 6) is 2.72. The minimum atomic E-state index is -0.562. The van der Waals surface area contributed by atoms with Crippen molar-refractivity contribution in [2.24, 2.45) is 4.99 Å². The maximum Gasteiger partial charge on any atom is 0.191 e. The minimum Gasteiger partial charge on any atom is -0.387 e. The van der Waals surface area contributed by atoms with Gasteiger partial charge in [0.15, 0.2) is 5.96 Å². The van der Waals surface area contributed by atoms with E-state index in [1.807, 2.05) is 18.8 Å². The lowest BCUT2D eigenvalue weighted by Gasteiger charge is -2.26. The summed E-state index contributed by atoms with van der Waals surface area (Å²) in [6, 6.07) is 1.30. The van der Waals surface area contributed by atoms with E-state index in [0.717, 1.165) is 36.5 Å². The molecule has 2 saturated heterocycles. The van der Waals surface area contributed by atoms with Crippen LogP contribution in [0.1, 0.15) is 38.5 Å². The molecule has 3 N–H and O–H groups in total. The SMILES string of the molecule is CN=C(NCC1(O)CCSC1)NC1CCN(C2CCCC2)C1.I. The van der Waals surface area contributed by atoms with E-state index in [9.17, 15) is 5.11 Å². The average Bonchev–Trinajstić information content (AvgIpc) is 3.25. The topological polar surface area (TPSA) is 59.9 Å². The Morgan fingerprint density at radius 1 is 1.35 bits per heavy atom. The molecule has 0 radical (unpaired) electrons. The third-order valence-electron chi connectivity index (χ3n) is 5.29. The highest BCUT2D eigenvalue weighted by molar-refractivity contribution is 14.0. The Morgan fingerprint density at radius 2 is 2.13 bits per heavy atom. The molecule has 0 aromatic rings. The molecule has 3 rings (SSSR count). The van der Waals surface area contributed by atoms with Crippen LogP contribution in [0.4, 0.5) is 0 Å². The molecule has 2 aliphatic heterocycles. The quantitative estimate of drug-likeness (QED) is 0.343. The fourth-order valence-corrected chi connectivity index (χ4v) is 5.17. The van der Waals surface area contributed by atoms with Gasteiger partial charge in [-0.2, -0.15) is 11.8 Å². The van der Waals surface area contributed by atoms with E-state index in [-0.39, 0.29) is 24.0 Å². The molecule has 2 unspecified atom stereocenters. The summed E-state index contributed by atoms with van der Waals surface area (Å²) in [6.45, 7) is 2.93. The lowest BCUT2D eigenvalue weighted by molar-refractivity contribution is 0.0724. The number of thioether (sulfide) groups is 1. The van der Waals surface area contributed by atoms with Crippen LogP contribution in [0.2, 0.25) is 0 Å². The molecule has 7 heteroatoms. The molecule has 1 aliphatic carbocycles. The van der Waals surface area contributed by atoms with Crippen LogP contribution in [0.25, 0.3) is 0 Å². The van der Waals surface area contributed by atoms with E-state index >= 15 is 0 Å². The zero-order valence-corrected chi connectivity index (χ0v) is 17.2. The Hall–Kier alpha value is 0.270. The number of hydrogen-bond donors (Lipinski definition) is 3. The maximum atomic E-state index is 10.4. The van der Waals surface area contributed by atoms with Gasteiger partial charge in [0.1, 0.15) is 0 Å². The highest BCUT2D eigenvalue weighted by atomic mass is 127. The van der Waals surface area contributed by atoms with Crippen molar-refractivity contribution in [2.75, 3.05) is 38.2 Å². The predicted octanol–water partition coefficient (Wildman–Crippen LogP) is 1.65. The molecule has 134 valence electrons. The Bertz CT molecular complexity index is 398. The van der Waals surface area contributed by atoms with E-state index < -0.39 is 5.60 Å². The number of rotatable bonds is 4. The summed E-state index contributed by atoms with van der Waals surface area (Å²) < 4.78 is 0. The van der Waals surface area contributed by atoms with Gasteiger partial charge in [0.2, 0.25) is 0 Å². The number of guanidine groups is 1. The van der Waals surface area contributed by atoms with Crippen molar-refractivity contribution in [1.29, 1.82) is 0 Å². The van der Waals surface area contributed by atoms with Gasteiger partial charge in [0.05, 0.1) is 5.60 Å². The summed E-state index contributed by atoms with van der Waals surface area (Å²) in [5, 5.41) is 17.3. The zero-order valence-electron chi connectivity index (χ0n) is 14.1. The summed E-state index contributed by atoms with van der Waals surface area (Å²) in [5.41, 5.74) is -0.562. The van der Waals surface area contributed by atoms with Gasteiger partial charge in [0.25, 0.3) is 0 Å². The van der Waals surface area contributed by atoms with Crippen LogP contribution in [0, 0.1) is 0 Å². The van der Waals surface area contributed by atoms with Crippen LogP contribution in [-0.2, 0) is 0 Å². The normalized spacial score (nSPS) is 33.0. The van der Waals surface area contributed by atoms with Crippen molar-refractivity contribution < 1.29 is 5.11 Å². The van der Waals surface area contributed by atoms with Crippen molar-refractivity contribution in [3.05, 3.63) is 0 Å². The molecule has 2 heterocycles. The largest absolute Gasteiger partial charge is 0.387 e. The second-order valence-corrected chi connectivity index (χ2v) is 8.12. The number of nitrogens with one attached hydrogen (secondary N) is 2. The Balaban J connectivity index is 0.00000192. The first kappa shape index (κ1) is 19.6. The van der Waals surface area contributed by atoms with Crippen LogP contribution in [0.15, 0.2) is 4.99 Å². The molecule has 3 fully saturated rings. The highest BCUT2D eigenvalue weighted by Crippen LogP contribution is 2.27. The molecule has 0 bridgehead atoms. The maximum absolute atomic E-state index is 10.4. The Morgan fingerprint density at radius 3 is 2.78 bits per heavy atom. The predicted molar refractivity (Wildman–Crippen MR) is 109 cm³/mol. The molecule has 0 spiro atoms. The van der Waals surface area contributed by atoms with Crippen molar-refractivity contribution in [2.45, 2.75) is 56.2 Å². The number of likely N-dealkylation sites (tertiary alicyclic amines) is 1. The monoisotopic (exact) mass is 454 g/mol. The molecule has 23 heavy (non-hydrogen) atoms. The lowest BCUT2D eigenvalue weighted by atomic mass is 10.0. The second-order valence-electron chi connectivity index (χ2n) is 7.02. The zero-order chi connectivity index (χ0) is 15.4. The molecular weight excluding hydrogens is 423 g/mol. The first-order chi connectivity index (χ1) is 10.7. The van der Waals surface area contributed by atoms with Crippen molar-refractivity contribution >= 4 is 41.7 Å². The van der Waals surface area contributed by atoms with Crippen molar-refractivity contribution in [1.82, 2.24) is 15.5 Å². The standard InChI is InChI=1S/C16H30N4OS.HI/c1-17-15(18-11-16(21)7-9-22-12-16)19-13-6-8-20(10-13)14-4-2-3-5-14;/h13-14,21H,2-12H2,1H3,(H2,17,18,19);1H. The second kappa shape index (κ2) is 9.10. The first-order valence-electron chi connectivity index (χ1n) is 8.70. The van der Waals surface area contributed by atoms with E-state index in [1.165, 1.54) is 38.6 Å². The van der Waals surface area contributed by atoms with Gasteiger partial charge in [-0.3, -0.25) is 9.89 Å². The molecule has 0 aromatic heterocycles. The Labute approximate surface area is 161 Å². The van der Waals surface area contributed by atoms with Crippen LogP contribution in [-0.4, -0.2) is 71.8 Å². The van der Waals surface area contributed by atoms with Gasteiger partial charge in [-0.1, -0.05) is 12.8 Å². The molecule has 3 aliphatic rings. The average molecular weight is 454 g/mol. The summed E-state index contributed by atoms with van der Waals surface area (Å²) in [4.78, 5) is 6.98. The lowest BCUT2D eigenvalue weighted by Crippen LogP contribution is -2.50. The molecule has 0 amide bonds. The van der Waals surface area contributed by atoms with Crippen LogP contribution < -0.4 is 10.6 Å². The summed E-state index contributed by atoms with van der Waals surface area (Å²) in [7, 11) is 1.81. The number of aliphatic imine (C=N–C) groups is 1. The fraction of sp³-hybridized carbons (Fsp3) is 0.938. The molecule has 5 nitrogen and oxygen atoms in total. The van der Waals surface area contributed by atoms with E-state index in [4.69, 9.17) is 0 Å². The summed E-state index contributed by atoms with van der Waals surface area (Å²) >= 11 is 1.83. The first-order valence-corrected chi connectivity index (χ1v) is 9.85. The van der Waals surface area contributed by atoms with Crippen LogP contribution >= 0.6 is 35.7 Å². The molecule has 0 aromatic carbocycles. The Kier molecular flexibility index (Phi) is 7.75.